The van der Waals surface area contributed by atoms with Gasteiger partial charge >= 0.3 is 0 Å². The molecule has 5 heteroatoms. The monoisotopic (exact) mass is 217 g/mol. The van der Waals surface area contributed by atoms with E-state index in [1.54, 1.807) is 6.20 Å². The molecule has 0 aliphatic rings. The minimum absolute atomic E-state index is 0.736. The smallest absolute Gasteiger partial charge is 0.125 e. The van der Waals surface area contributed by atoms with Crippen LogP contribution in [0.4, 0.5) is 0 Å². The van der Waals surface area contributed by atoms with E-state index in [4.69, 9.17) is 0 Å². The molecule has 5 nitrogen and oxygen atoms in total. The van der Waals surface area contributed by atoms with E-state index in [2.05, 4.69) is 24.8 Å². The zero-order valence-corrected chi connectivity index (χ0v) is 9.51. The number of nitrogens with zero attached hydrogens (tertiary/aromatic N) is 4. The van der Waals surface area contributed by atoms with Crippen LogP contribution in [0, 0.1) is 6.92 Å². The molecule has 2 aromatic heterocycles. The van der Waals surface area contributed by atoms with Crippen LogP contribution in [0.2, 0.25) is 0 Å². The van der Waals surface area contributed by atoms with Crippen LogP contribution in [-0.4, -0.2) is 26.6 Å². The highest BCUT2D eigenvalue weighted by Gasteiger charge is 2.03. The first-order chi connectivity index (χ1) is 7.79. The maximum absolute atomic E-state index is 4.37. The van der Waals surface area contributed by atoms with Crippen LogP contribution < -0.4 is 5.32 Å². The maximum atomic E-state index is 4.37. The second kappa shape index (κ2) is 4.85. The van der Waals surface area contributed by atoms with E-state index in [1.807, 2.05) is 32.6 Å². The van der Waals surface area contributed by atoms with Crippen LogP contribution in [0.25, 0.3) is 0 Å². The Bertz CT molecular complexity index is 463. The highest BCUT2D eigenvalue weighted by molar-refractivity contribution is 5.06. The van der Waals surface area contributed by atoms with Gasteiger partial charge < -0.3 is 9.88 Å². The third-order valence-corrected chi connectivity index (χ3v) is 2.32. The summed E-state index contributed by atoms with van der Waals surface area (Å²) < 4.78 is 2.08. The van der Waals surface area contributed by atoms with Gasteiger partial charge in [0.15, 0.2) is 0 Å². The first-order valence-corrected chi connectivity index (χ1v) is 5.21. The summed E-state index contributed by atoms with van der Waals surface area (Å²) in [5.41, 5.74) is 2.15. The molecular formula is C11H15N5. The fraction of sp³-hybridized carbons (Fsp3) is 0.364. The molecule has 0 saturated heterocycles. The molecule has 0 atom stereocenters. The molecule has 2 aromatic rings. The minimum atomic E-state index is 0.736. The highest BCUT2D eigenvalue weighted by Crippen LogP contribution is 2.03. The Morgan fingerprint density at radius 2 is 2.31 bits per heavy atom. The lowest BCUT2D eigenvalue weighted by molar-refractivity contribution is 0.679. The number of aromatic nitrogens is 4. The molecule has 16 heavy (non-hydrogen) atoms. The van der Waals surface area contributed by atoms with Crippen molar-refractivity contribution in [1.29, 1.82) is 0 Å². The van der Waals surface area contributed by atoms with Gasteiger partial charge in [-0.15, -0.1) is 0 Å². The molecule has 84 valence electrons. The molecule has 2 heterocycles. The summed E-state index contributed by atoms with van der Waals surface area (Å²) in [5, 5.41) is 3.11. The van der Waals surface area contributed by atoms with Gasteiger partial charge in [0.25, 0.3) is 0 Å². The van der Waals surface area contributed by atoms with E-state index in [0.717, 1.165) is 30.3 Å². The van der Waals surface area contributed by atoms with Crippen molar-refractivity contribution < 1.29 is 0 Å². The minimum Gasteiger partial charge on any atom is -0.327 e. The van der Waals surface area contributed by atoms with Gasteiger partial charge in [0.1, 0.15) is 5.82 Å². The van der Waals surface area contributed by atoms with E-state index >= 15 is 0 Å². The van der Waals surface area contributed by atoms with E-state index in [0.29, 0.717) is 0 Å². The van der Waals surface area contributed by atoms with Crippen molar-refractivity contribution in [2.24, 2.45) is 0 Å². The number of aryl methyl sites for hydroxylation is 1. The van der Waals surface area contributed by atoms with Gasteiger partial charge in [0.05, 0.1) is 24.3 Å². The molecule has 0 spiro atoms. The summed E-state index contributed by atoms with van der Waals surface area (Å²) in [7, 11) is 1.92. The largest absolute Gasteiger partial charge is 0.327 e. The topological polar surface area (TPSA) is 55.6 Å². The predicted molar refractivity (Wildman–Crippen MR) is 60.9 cm³/mol. The lowest BCUT2D eigenvalue weighted by Gasteiger charge is -2.07. The van der Waals surface area contributed by atoms with Gasteiger partial charge in [-0.25, -0.2) is 15.0 Å². The van der Waals surface area contributed by atoms with Gasteiger partial charge in [0.2, 0.25) is 0 Å². The number of hydrogen-bond acceptors (Lipinski definition) is 4. The molecule has 0 aliphatic carbocycles. The average Bonchev–Trinajstić information content (AvgIpc) is 2.66. The summed E-state index contributed by atoms with van der Waals surface area (Å²) in [6.07, 6.45) is 5.47. The third kappa shape index (κ3) is 2.43. The summed E-state index contributed by atoms with van der Waals surface area (Å²) in [6.45, 7) is 3.44. The Morgan fingerprint density at radius 1 is 1.44 bits per heavy atom. The van der Waals surface area contributed by atoms with Crippen LogP contribution in [0.1, 0.15) is 17.2 Å². The Balaban J connectivity index is 2.17. The lowest BCUT2D eigenvalue weighted by Crippen LogP contribution is -2.12. The zero-order chi connectivity index (χ0) is 11.4. The van der Waals surface area contributed by atoms with Gasteiger partial charge in [-0.3, -0.25) is 0 Å². The Hall–Kier alpha value is -1.75. The molecule has 0 fully saturated rings. The van der Waals surface area contributed by atoms with Gasteiger partial charge in [-0.2, -0.15) is 0 Å². The van der Waals surface area contributed by atoms with Crippen LogP contribution >= 0.6 is 0 Å². The predicted octanol–water partition coefficient (Wildman–Crippen LogP) is 0.749. The molecule has 0 aliphatic heterocycles. The van der Waals surface area contributed by atoms with Crippen molar-refractivity contribution in [3.63, 3.8) is 0 Å². The fourth-order valence-electron chi connectivity index (χ4n) is 1.59. The molecule has 0 aromatic carbocycles. The van der Waals surface area contributed by atoms with Crippen LogP contribution in [0.5, 0.6) is 0 Å². The van der Waals surface area contributed by atoms with Gasteiger partial charge in [-0.05, 0) is 20.0 Å². The van der Waals surface area contributed by atoms with E-state index in [9.17, 15) is 0 Å². The standard InChI is InChI=1S/C11H15N5/c1-9-14-4-3-10(15-9)7-16-8-13-6-11(16)5-12-2/h3-4,6,8,12H,5,7H2,1-2H3. The first-order valence-electron chi connectivity index (χ1n) is 5.21. The second-order valence-electron chi connectivity index (χ2n) is 3.64. The fourth-order valence-corrected chi connectivity index (χ4v) is 1.59. The van der Waals surface area contributed by atoms with Crippen molar-refractivity contribution in [3.05, 3.63) is 42.0 Å². The summed E-state index contributed by atoms with van der Waals surface area (Å²) in [4.78, 5) is 12.6. The highest BCUT2D eigenvalue weighted by atomic mass is 15.1. The maximum Gasteiger partial charge on any atom is 0.125 e. The van der Waals surface area contributed by atoms with Crippen molar-refractivity contribution in [2.45, 2.75) is 20.0 Å². The van der Waals surface area contributed by atoms with Crippen molar-refractivity contribution in [2.75, 3.05) is 7.05 Å². The molecule has 0 radical (unpaired) electrons. The normalized spacial score (nSPS) is 10.6. The van der Waals surface area contributed by atoms with E-state index in [1.165, 1.54) is 0 Å². The number of imidazole rings is 1. The van der Waals surface area contributed by atoms with Crippen LogP contribution in [0.3, 0.4) is 0 Å². The lowest BCUT2D eigenvalue weighted by atomic mass is 10.3. The Kier molecular flexibility index (Phi) is 3.26. The van der Waals surface area contributed by atoms with E-state index < -0.39 is 0 Å². The first kappa shape index (κ1) is 10.8. The molecule has 0 unspecified atom stereocenters. The number of nitrogens with one attached hydrogen (secondary N) is 1. The second-order valence-corrected chi connectivity index (χ2v) is 3.64. The van der Waals surface area contributed by atoms with Crippen LogP contribution in [0.15, 0.2) is 24.8 Å². The van der Waals surface area contributed by atoms with Crippen molar-refractivity contribution >= 4 is 0 Å². The summed E-state index contributed by atoms with van der Waals surface area (Å²) in [6, 6.07) is 1.93. The van der Waals surface area contributed by atoms with Gasteiger partial charge in [0, 0.05) is 18.9 Å². The summed E-state index contributed by atoms with van der Waals surface area (Å²) >= 11 is 0. The number of hydrogen-bond donors (Lipinski definition) is 1. The van der Waals surface area contributed by atoms with Gasteiger partial charge in [-0.1, -0.05) is 0 Å². The molecule has 0 amide bonds. The van der Waals surface area contributed by atoms with E-state index in [-0.39, 0.29) is 0 Å². The Morgan fingerprint density at radius 3 is 3.06 bits per heavy atom. The summed E-state index contributed by atoms with van der Waals surface area (Å²) in [5.74, 6) is 0.799. The quantitative estimate of drug-likeness (QED) is 0.821. The molecular weight excluding hydrogens is 202 g/mol. The third-order valence-electron chi connectivity index (χ3n) is 2.32. The molecule has 0 saturated carbocycles. The molecule has 0 bridgehead atoms. The van der Waals surface area contributed by atoms with Crippen molar-refractivity contribution in [1.82, 2.24) is 24.8 Å². The average molecular weight is 217 g/mol. The van der Waals surface area contributed by atoms with Crippen LogP contribution in [-0.2, 0) is 13.1 Å². The van der Waals surface area contributed by atoms with Crippen molar-refractivity contribution in [3.8, 4) is 0 Å². The SMILES string of the molecule is CNCc1cncn1Cc1ccnc(C)n1. The molecule has 2 rings (SSSR count). The number of rotatable bonds is 4. The molecule has 1 N–H and O–H groups in total. The Labute approximate surface area is 94.6 Å². The zero-order valence-electron chi connectivity index (χ0n) is 9.51.